The van der Waals surface area contributed by atoms with E-state index in [4.69, 9.17) is 4.74 Å². The molecule has 0 heterocycles. The third kappa shape index (κ3) is 3.18. The molecule has 1 aromatic rings. The Morgan fingerprint density at radius 2 is 2.05 bits per heavy atom. The monoisotopic (exact) mass is 319 g/mol. The van der Waals surface area contributed by atoms with E-state index in [9.17, 15) is 17.2 Å². The number of rotatable bonds is 6. The standard InChI is InChI=1S/C14H19F2NO3S/c1-3-17-11-6-10(7-11)9-4-5-13(12(8-9)20-2)21(18,19)14(15)16/h4-5,8,10-11,14,17H,3,6-7H2,1-2H3. The van der Waals surface area contributed by atoms with Gasteiger partial charge in [-0.25, -0.2) is 8.42 Å². The first-order valence-corrected chi connectivity index (χ1v) is 8.38. The summed E-state index contributed by atoms with van der Waals surface area (Å²) in [5, 5.41) is 3.33. The van der Waals surface area contributed by atoms with E-state index in [-0.39, 0.29) is 5.75 Å². The molecule has 1 N–H and O–H groups in total. The number of methoxy groups -OCH3 is 1. The van der Waals surface area contributed by atoms with Crippen molar-refractivity contribution in [2.24, 2.45) is 0 Å². The quantitative estimate of drug-likeness (QED) is 0.875. The number of benzene rings is 1. The van der Waals surface area contributed by atoms with Crippen LogP contribution in [0.5, 0.6) is 5.75 Å². The van der Waals surface area contributed by atoms with Crippen molar-refractivity contribution in [1.82, 2.24) is 5.32 Å². The number of hydrogen-bond acceptors (Lipinski definition) is 4. The summed E-state index contributed by atoms with van der Waals surface area (Å²) in [6.07, 6.45) is 1.91. The Balaban J connectivity index is 2.22. The molecular formula is C14H19F2NO3S. The van der Waals surface area contributed by atoms with Crippen LogP contribution in [0.25, 0.3) is 0 Å². The van der Waals surface area contributed by atoms with Crippen molar-refractivity contribution >= 4 is 9.84 Å². The molecule has 1 fully saturated rings. The van der Waals surface area contributed by atoms with Gasteiger partial charge in [-0.2, -0.15) is 8.78 Å². The molecule has 7 heteroatoms. The zero-order chi connectivity index (χ0) is 15.6. The molecule has 0 aliphatic heterocycles. The second-order valence-electron chi connectivity index (χ2n) is 5.14. The molecule has 0 unspecified atom stereocenters. The van der Waals surface area contributed by atoms with Crippen LogP contribution >= 0.6 is 0 Å². The van der Waals surface area contributed by atoms with Gasteiger partial charge >= 0.3 is 5.76 Å². The molecule has 0 spiro atoms. The largest absolute Gasteiger partial charge is 0.495 e. The number of ether oxygens (including phenoxy) is 1. The van der Waals surface area contributed by atoms with Crippen LogP contribution < -0.4 is 10.1 Å². The van der Waals surface area contributed by atoms with Gasteiger partial charge in [0.2, 0.25) is 9.84 Å². The van der Waals surface area contributed by atoms with E-state index in [0.29, 0.717) is 12.0 Å². The van der Waals surface area contributed by atoms with Crippen molar-refractivity contribution in [3.8, 4) is 5.75 Å². The van der Waals surface area contributed by atoms with Crippen molar-refractivity contribution in [3.05, 3.63) is 23.8 Å². The van der Waals surface area contributed by atoms with Crippen LogP contribution in [0, 0.1) is 0 Å². The first kappa shape index (κ1) is 16.2. The lowest BCUT2D eigenvalue weighted by molar-refractivity contribution is 0.234. The second-order valence-corrected chi connectivity index (χ2v) is 7.03. The lowest BCUT2D eigenvalue weighted by Gasteiger charge is -2.36. The smallest absolute Gasteiger partial charge is 0.341 e. The highest BCUT2D eigenvalue weighted by molar-refractivity contribution is 7.91. The third-order valence-electron chi connectivity index (χ3n) is 3.83. The van der Waals surface area contributed by atoms with Gasteiger partial charge in [0.05, 0.1) is 7.11 Å². The lowest BCUT2D eigenvalue weighted by atomic mass is 9.76. The maximum Gasteiger partial charge on any atom is 0.341 e. The van der Waals surface area contributed by atoms with Crippen LogP contribution in [0.15, 0.2) is 23.1 Å². The van der Waals surface area contributed by atoms with Crippen molar-refractivity contribution < 1.29 is 21.9 Å². The van der Waals surface area contributed by atoms with Gasteiger partial charge in [0.15, 0.2) is 0 Å². The highest BCUT2D eigenvalue weighted by Crippen LogP contribution is 2.40. The SMILES string of the molecule is CCNC1CC(c2ccc(S(=O)(=O)C(F)F)c(OC)c2)C1. The topological polar surface area (TPSA) is 55.4 Å². The summed E-state index contributed by atoms with van der Waals surface area (Å²) < 4.78 is 53.4. The summed E-state index contributed by atoms with van der Waals surface area (Å²) in [5.41, 5.74) is 0.925. The van der Waals surface area contributed by atoms with Crippen LogP contribution in [0.1, 0.15) is 31.2 Å². The predicted molar refractivity (Wildman–Crippen MR) is 75.6 cm³/mol. The fraction of sp³-hybridized carbons (Fsp3) is 0.571. The maximum atomic E-state index is 12.6. The molecule has 0 radical (unpaired) electrons. The first-order valence-electron chi connectivity index (χ1n) is 6.83. The fourth-order valence-electron chi connectivity index (χ4n) is 2.61. The van der Waals surface area contributed by atoms with Gasteiger partial charge in [0, 0.05) is 6.04 Å². The van der Waals surface area contributed by atoms with Crippen LogP contribution in [0.3, 0.4) is 0 Å². The minimum atomic E-state index is -4.64. The van der Waals surface area contributed by atoms with Gasteiger partial charge in [-0.3, -0.25) is 0 Å². The van der Waals surface area contributed by atoms with Gasteiger partial charge in [-0.05, 0) is 43.0 Å². The number of hydrogen-bond donors (Lipinski definition) is 1. The summed E-state index contributed by atoms with van der Waals surface area (Å²) >= 11 is 0. The molecule has 0 amide bonds. The van der Waals surface area contributed by atoms with Crippen molar-refractivity contribution in [1.29, 1.82) is 0 Å². The minimum absolute atomic E-state index is 0.0142. The third-order valence-corrected chi connectivity index (χ3v) is 5.25. The number of alkyl halides is 2. The Bertz CT molecular complexity index is 598. The molecule has 118 valence electrons. The van der Waals surface area contributed by atoms with E-state index in [1.165, 1.54) is 13.2 Å². The Morgan fingerprint density at radius 3 is 2.57 bits per heavy atom. The molecule has 1 aliphatic carbocycles. The maximum absolute atomic E-state index is 12.6. The van der Waals surface area contributed by atoms with E-state index in [1.807, 2.05) is 6.92 Å². The number of sulfone groups is 1. The molecule has 0 atom stereocenters. The molecule has 2 rings (SSSR count). The summed E-state index contributed by atoms with van der Waals surface area (Å²) in [7, 11) is -3.36. The van der Waals surface area contributed by atoms with E-state index in [2.05, 4.69) is 5.32 Å². The Hall–Kier alpha value is -1.21. The highest BCUT2D eigenvalue weighted by Gasteiger charge is 2.33. The zero-order valence-corrected chi connectivity index (χ0v) is 12.8. The summed E-state index contributed by atoms with van der Waals surface area (Å²) in [4.78, 5) is -0.452. The Labute approximate surface area is 123 Å². The molecule has 0 aromatic heterocycles. The van der Waals surface area contributed by atoms with E-state index >= 15 is 0 Å². The van der Waals surface area contributed by atoms with Crippen molar-refractivity contribution in [2.75, 3.05) is 13.7 Å². The minimum Gasteiger partial charge on any atom is -0.495 e. The molecule has 4 nitrogen and oxygen atoms in total. The highest BCUT2D eigenvalue weighted by atomic mass is 32.2. The fourth-order valence-corrected chi connectivity index (χ4v) is 3.49. The van der Waals surface area contributed by atoms with Gasteiger partial charge < -0.3 is 10.1 Å². The van der Waals surface area contributed by atoms with E-state index in [1.54, 1.807) is 12.1 Å². The predicted octanol–water partition coefficient (Wildman–Crippen LogP) is 2.55. The van der Waals surface area contributed by atoms with Gasteiger partial charge in [0.1, 0.15) is 10.6 Å². The Kier molecular flexibility index (Phi) is 4.83. The van der Waals surface area contributed by atoms with Gasteiger partial charge in [0.25, 0.3) is 0 Å². The van der Waals surface area contributed by atoms with Crippen LogP contribution in [0.2, 0.25) is 0 Å². The zero-order valence-electron chi connectivity index (χ0n) is 12.0. The summed E-state index contributed by atoms with van der Waals surface area (Å²) in [5.74, 6) is -3.15. The van der Waals surface area contributed by atoms with Crippen LogP contribution in [0.4, 0.5) is 8.78 Å². The van der Waals surface area contributed by atoms with E-state index < -0.39 is 20.5 Å². The second kappa shape index (κ2) is 6.27. The summed E-state index contributed by atoms with van der Waals surface area (Å²) in [6, 6.07) is 4.85. The molecule has 21 heavy (non-hydrogen) atoms. The van der Waals surface area contributed by atoms with Gasteiger partial charge in [-0.15, -0.1) is 0 Å². The van der Waals surface area contributed by atoms with Crippen LogP contribution in [-0.2, 0) is 9.84 Å². The average molecular weight is 319 g/mol. The van der Waals surface area contributed by atoms with Gasteiger partial charge in [-0.1, -0.05) is 13.0 Å². The number of halogens is 2. The normalized spacial score (nSPS) is 22.1. The van der Waals surface area contributed by atoms with Crippen molar-refractivity contribution in [3.63, 3.8) is 0 Å². The molecule has 0 bridgehead atoms. The molecular weight excluding hydrogens is 300 g/mol. The van der Waals surface area contributed by atoms with Crippen LogP contribution in [-0.4, -0.2) is 33.9 Å². The number of nitrogens with one attached hydrogen (secondary N) is 1. The Morgan fingerprint density at radius 1 is 1.38 bits per heavy atom. The molecule has 1 aromatic carbocycles. The first-order chi connectivity index (χ1) is 9.90. The molecule has 1 aliphatic rings. The molecule has 1 saturated carbocycles. The van der Waals surface area contributed by atoms with E-state index in [0.717, 1.165) is 24.9 Å². The average Bonchev–Trinajstić information content (AvgIpc) is 2.41. The molecule has 0 saturated heterocycles. The lowest BCUT2D eigenvalue weighted by Crippen LogP contribution is -2.39. The summed E-state index contributed by atoms with van der Waals surface area (Å²) in [6.45, 7) is 2.95. The van der Waals surface area contributed by atoms with Crippen molar-refractivity contribution in [2.45, 2.75) is 42.4 Å².